The minimum atomic E-state index is -3.81. The molecule has 0 radical (unpaired) electrons. The number of piperidine rings is 1. The van der Waals surface area contributed by atoms with Crippen molar-refractivity contribution in [2.24, 2.45) is 0 Å². The first-order valence-electron chi connectivity index (χ1n) is 7.94. The summed E-state index contributed by atoms with van der Waals surface area (Å²) >= 11 is 6.05. The third kappa shape index (κ3) is 4.32. The third-order valence-electron chi connectivity index (χ3n) is 3.96. The number of sulfonamides is 1. The van der Waals surface area contributed by atoms with E-state index < -0.39 is 10.0 Å². The average molecular weight is 383 g/mol. The maximum Gasteiger partial charge on any atom is 0.264 e. The quantitative estimate of drug-likeness (QED) is 0.800. The molecule has 1 N–H and O–H groups in total. The first-order valence-corrected chi connectivity index (χ1v) is 9.80. The molecule has 0 aliphatic carbocycles. The summed E-state index contributed by atoms with van der Waals surface area (Å²) in [5.74, 6) is 1.17. The van der Waals surface area contributed by atoms with Crippen LogP contribution in [0.15, 0.2) is 35.2 Å². The van der Waals surface area contributed by atoms with Crippen molar-refractivity contribution in [3.05, 3.63) is 35.5 Å². The standard InChI is InChI=1S/C16H19ClN4O3S/c1-24-12-5-7-13(8-6-12)25(22,23)20-16-18-14(17)11-15(19-16)21-9-3-2-4-10-21/h5-8,11H,2-4,9-10H2,1H3,(H,18,19,20). The number of hydrogen-bond donors (Lipinski definition) is 1. The second-order valence-corrected chi connectivity index (χ2v) is 7.77. The average Bonchev–Trinajstić information content (AvgIpc) is 2.61. The molecule has 7 nitrogen and oxygen atoms in total. The SMILES string of the molecule is COc1ccc(S(=O)(=O)Nc2nc(Cl)cc(N3CCCCC3)n2)cc1. The lowest BCUT2D eigenvalue weighted by Gasteiger charge is -2.27. The molecule has 9 heteroatoms. The minimum Gasteiger partial charge on any atom is -0.497 e. The van der Waals surface area contributed by atoms with Gasteiger partial charge in [0.2, 0.25) is 5.95 Å². The number of anilines is 2. The van der Waals surface area contributed by atoms with Crippen molar-refractivity contribution in [2.45, 2.75) is 24.2 Å². The zero-order valence-corrected chi connectivity index (χ0v) is 15.3. The van der Waals surface area contributed by atoms with Crippen LogP contribution >= 0.6 is 11.6 Å². The van der Waals surface area contributed by atoms with Crippen LogP contribution in [0.3, 0.4) is 0 Å². The summed E-state index contributed by atoms with van der Waals surface area (Å²) in [6.45, 7) is 1.75. The molecule has 1 aromatic heterocycles. The van der Waals surface area contributed by atoms with Crippen LogP contribution in [-0.4, -0.2) is 38.6 Å². The Bertz CT molecular complexity index is 837. The summed E-state index contributed by atoms with van der Waals surface area (Å²) in [5.41, 5.74) is 0. The van der Waals surface area contributed by atoms with Crippen LogP contribution in [0, 0.1) is 0 Å². The van der Waals surface area contributed by atoms with Crippen molar-refractivity contribution in [1.29, 1.82) is 0 Å². The van der Waals surface area contributed by atoms with Gasteiger partial charge in [0.15, 0.2) is 0 Å². The van der Waals surface area contributed by atoms with Crippen molar-refractivity contribution in [3.63, 3.8) is 0 Å². The van der Waals surface area contributed by atoms with E-state index in [0.717, 1.165) is 25.9 Å². The molecule has 0 bridgehead atoms. The van der Waals surface area contributed by atoms with E-state index >= 15 is 0 Å². The van der Waals surface area contributed by atoms with Gasteiger partial charge in [-0.15, -0.1) is 0 Å². The number of nitrogens with one attached hydrogen (secondary N) is 1. The Kier molecular flexibility index (Phi) is 5.29. The van der Waals surface area contributed by atoms with E-state index in [1.165, 1.54) is 25.7 Å². The fourth-order valence-electron chi connectivity index (χ4n) is 2.67. The lowest BCUT2D eigenvalue weighted by Crippen LogP contribution is -2.30. The lowest BCUT2D eigenvalue weighted by atomic mass is 10.1. The molecular formula is C16H19ClN4O3S. The van der Waals surface area contributed by atoms with Crippen LogP contribution in [0.2, 0.25) is 5.15 Å². The zero-order chi connectivity index (χ0) is 17.9. The van der Waals surface area contributed by atoms with E-state index in [0.29, 0.717) is 11.6 Å². The predicted octanol–water partition coefficient (Wildman–Crippen LogP) is 2.93. The van der Waals surface area contributed by atoms with Crippen LogP contribution < -0.4 is 14.4 Å². The van der Waals surface area contributed by atoms with E-state index in [2.05, 4.69) is 19.6 Å². The lowest BCUT2D eigenvalue weighted by molar-refractivity contribution is 0.414. The van der Waals surface area contributed by atoms with Gasteiger partial charge in [-0.1, -0.05) is 11.6 Å². The number of aromatic nitrogens is 2. The van der Waals surface area contributed by atoms with Gasteiger partial charge in [0, 0.05) is 19.2 Å². The smallest absolute Gasteiger partial charge is 0.264 e. The molecule has 2 heterocycles. The van der Waals surface area contributed by atoms with E-state index in [1.807, 2.05) is 0 Å². The van der Waals surface area contributed by atoms with Gasteiger partial charge in [0.1, 0.15) is 16.7 Å². The van der Waals surface area contributed by atoms with Crippen molar-refractivity contribution in [3.8, 4) is 5.75 Å². The van der Waals surface area contributed by atoms with Gasteiger partial charge in [0.25, 0.3) is 10.0 Å². The summed E-state index contributed by atoms with van der Waals surface area (Å²) < 4.78 is 32.4. The summed E-state index contributed by atoms with van der Waals surface area (Å²) in [7, 11) is -2.29. The Balaban J connectivity index is 1.84. The van der Waals surface area contributed by atoms with Crippen molar-refractivity contribution in [1.82, 2.24) is 9.97 Å². The summed E-state index contributed by atoms with van der Waals surface area (Å²) in [5, 5.41) is 0.197. The van der Waals surface area contributed by atoms with Gasteiger partial charge < -0.3 is 9.64 Å². The highest BCUT2D eigenvalue weighted by atomic mass is 35.5. The summed E-state index contributed by atoms with van der Waals surface area (Å²) in [6, 6.07) is 7.71. The van der Waals surface area contributed by atoms with Gasteiger partial charge in [-0.2, -0.15) is 4.98 Å². The largest absolute Gasteiger partial charge is 0.497 e. The predicted molar refractivity (Wildman–Crippen MR) is 96.9 cm³/mol. The molecule has 0 spiro atoms. The molecule has 3 rings (SSSR count). The van der Waals surface area contributed by atoms with Gasteiger partial charge >= 0.3 is 0 Å². The normalized spacial score (nSPS) is 15.0. The molecule has 25 heavy (non-hydrogen) atoms. The van der Waals surface area contributed by atoms with E-state index in [9.17, 15) is 8.42 Å². The van der Waals surface area contributed by atoms with Gasteiger partial charge in [0.05, 0.1) is 12.0 Å². The topological polar surface area (TPSA) is 84.4 Å². The van der Waals surface area contributed by atoms with Crippen molar-refractivity contribution >= 4 is 33.4 Å². The molecule has 2 aromatic rings. The Labute approximate surface area is 152 Å². The molecule has 1 aliphatic rings. The number of benzene rings is 1. The van der Waals surface area contributed by atoms with Crippen LogP contribution in [-0.2, 0) is 10.0 Å². The van der Waals surface area contributed by atoms with Crippen molar-refractivity contribution < 1.29 is 13.2 Å². The molecule has 1 fully saturated rings. The Morgan fingerprint density at radius 3 is 2.44 bits per heavy atom. The maximum atomic E-state index is 12.5. The second-order valence-electron chi connectivity index (χ2n) is 5.70. The van der Waals surface area contributed by atoms with Crippen LogP contribution in [0.1, 0.15) is 19.3 Å². The monoisotopic (exact) mass is 382 g/mol. The molecule has 0 atom stereocenters. The Morgan fingerprint density at radius 2 is 1.80 bits per heavy atom. The second kappa shape index (κ2) is 7.45. The van der Waals surface area contributed by atoms with Gasteiger partial charge in [-0.25, -0.2) is 18.1 Å². The van der Waals surface area contributed by atoms with Crippen LogP contribution in [0.4, 0.5) is 11.8 Å². The number of rotatable bonds is 5. The highest BCUT2D eigenvalue weighted by Gasteiger charge is 2.19. The molecule has 1 aliphatic heterocycles. The van der Waals surface area contributed by atoms with E-state index in [4.69, 9.17) is 16.3 Å². The first-order chi connectivity index (χ1) is 12.0. The molecule has 0 amide bonds. The summed E-state index contributed by atoms with van der Waals surface area (Å²) in [6.07, 6.45) is 3.34. The fourth-order valence-corrected chi connectivity index (χ4v) is 3.79. The molecule has 0 unspecified atom stereocenters. The Hall–Kier alpha value is -2.06. The third-order valence-corrected chi connectivity index (χ3v) is 5.49. The fraction of sp³-hybridized carbons (Fsp3) is 0.375. The summed E-state index contributed by atoms with van der Waals surface area (Å²) in [4.78, 5) is 10.5. The zero-order valence-electron chi connectivity index (χ0n) is 13.8. The molecule has 1 aromatic carbocycles. The molecular weight excluding hydrogens is 364 g/mol. The Morgan fingerprint density at radius 1 is 1.12 bits per heavy atom. The van der Waals surface area contributed by atoms with Crippen molar-refractivity contribution in [2.75, 3.05) is 29.8 Å². The number of nitrogens with zero attached hydrogens (tertiary/aromatic N) is 3. The van der Waals surface area contributed by atoms with E-state index in [-0.39, 0.29) is 16.0 Å². The molecule has 1 saturated heterocycles. The van der Waals surface area contributed by atoms with Gasteiger partial charge in [-0.3, -0.25) is 0 Å². The minimum absolute atomic E-state index is 0.0381. The number of methoxy groups -OCH3 is 1. The number of halogens is 1. The first kappa shape index (κ1) is 17.8. The van der Waals surface area contributed by atoms with Crippen LogP contribution in [0.25, 0.3) is 0 Å². The molecule has 134 valence electrons. The molecule has 0 saturated carbocycles. The number of ether oxygens (including phenoxy) is 1. The van der Waals surface area contributed by atoms with Crippen LogP contribution in [0.5, 0.6) is 5.75 Å². The number of hydrogen-bond acceptors (Lipinski definition) is 6. The highest BCUT2D eigenvalue weighted by Crippen LogP contribution is 2.23. The maximum absolute atomic E-state index is 12.5. The van der Waals surface area contributed by atoms with Gasteiger partial charge in [-0.05, 0) is 43.5 Å². The van der Waals surface area contributed by atoms with E-state index in [1.54, 1.807) is 18.2 Å². The highest BCUT2D eigenvalue weighted by molar-refractivity contribution is 7.92.